The van der Waals surface area contributed by atoms with Gasteiger partial charge in [0, 0.05) is 51.0 Å². The van der Waals surface area contributed by atoms with Crippen LogP contribution in [0.4, 0.5) is 0 Å². The Kier molecular flexibility index (Phi) is 10.4. The van der Waals surface area contributed by atoms with Gasteiger partial charge in [0.25, 0.3) is 0 Å². The second-order valence-corrected chi connectivity index (χ2v) is 15.4. The number of rotatable bonds is 11. The summed E-state index contributed by atoms with van der Waals surface area (Å²) in [5.41, 5.74) is 0.914. The van der Waals surface area contributed by atoms with Gasteiger partial charge in [0.05, 0.1) is 0 Å². The molecule has 0 rings (SSSR count). The lowest BCUT2D eigenvalue weighted by Gasteiger charge is -2.30. The van der Waals surface area contributed by atoms with Gasteiger partial charge in [-0.2, -0.15) is 0 Å². The highest BCUT2D eigenvalue weighted by Gasteiger charge is 2.37. The predicted molar refractivity (Wildman–Crippen MR) is 95.0 cm³/mol. The molecule has 0 bridgehead atoms. The highest BCUT2D eigenvalue weighted by Crippen LogP contribution is 2.36. The molecule has 0 aliphatic rings. The third-order valence-electron chi connectivity index (χ3n) is 4.13. The summed E-state index contributed by atoms with van der Waals surface area (Å²) in [5.74, 6) is 2.08. The molecule has 0 aromatic carbocycles. The Morgan fingerprint density at radius 1 is 0.700 bits per heavy atom. The molecule has 0 heterocycles. The second-order valence-electron chi connectivity index (χ2n) is 5.22. The summed E-state index contributed by atoms with van der Waals surface area (Å²) >= 11 is 0. The van der Waals surface area contributed by atoms with E-state index in [2.05, 4.69) is 26.9 Å². The van der Waals surface area contributed by atoms with Crippen molar-refractivity contribution < 1.29 is 17.7 Å². The van der Waals surface area contributed by atoms with Gasteiger partial charge in [-0.25, -0.2) is 0 Å². The first-order valence-corrected chi connectivity index (χ1v) is 14.0. The molecule has 0 fully saturated rings. The van der Waals surface area contributed by atoms with Crippen molar-refractivity contribution in [2.24, 2.45) is 0 Å². The van der Waals surface area contributed by atoms with Crippen molar-refractivity contribution in [1.82, 2.24) is 0 Å². The SMILES string of the molecule is CO[Si](C)(OC)C(C)CSSCC(C)[Si](C)(OC)OC. The van der Waals surface area contributed by atoms with E-state index in [-0.39, 0.29) is 0 Å². The molecule has 20 heavy (non-hydrogen) atoms. The molecule has 0 N–H and O–H groups in total. The van der Waals surface area contributed by atoms with Crippen LogP contribution in [0, 0.1) is 0 Å². The molecule has 8 heteroatoms. The fraction of sp³-hybridized carbons (Fsp3) is 1.00. The van der Waals surface area contributed by atoms with Crippen LogP contribution >= 0.6 is 21.6 Å². The Balaban J connectivity index is 4.09. The molecule has 0 aliphatic carbocycles. The Bertz CT molecular complexity index is 238. The molecule has 2 unspecified atom stereocenters. The largest absolute Gasteiger partial charge is 0.398 e. The van der Waals surface area contributed by atoms with E-state index >= 15 is 0 Å². The van der Waals surface area contributed by atoms with Gasteiger partial charge in [0.2, 0.25) is 0 Å². The zero-order valence-electron chi connectivity index (χ0n) is 14.0. The molecule has 4 nitrogen and oxygen atoms in total. The minimum Gasteiger partial charge on any atom is -0.398 e. The first kappa shape index (κ1) is 21.0. The fourth-order valence-corrected chi connectivity index (χ4v) is 9.57. The molecule has 0 aromatic heterocycles. The van der Waals surface area contributed by atoms with Crippen LogP contribution in [0.15, 0.2) is 0 Å². The van der Waals surface area contributed by atoms with Crippen molar-refractivity contribution in [3.05, 3.63) is 0 Å². The number of hydrogen-bond donors (Lipinski definition) is 0. The van der Waals surface area contributed by atoms with Crippen molar-refractivity contribution in [1.29, 1.82) is 0 Å². The zero-order chi connectivity index (χ0) is 15.8. The summed E-state index contributed by atoms with van der Waals surface area (Å²) in [5, 5.41) is 0. The Morgan fingerprint density at radius 3 is 1.15 bits per heavy atom. The van der Waals surface area contributed by atoms with Gasteiger partial charge in [-0.05, 0) is 13.1 Å². The summed E-state index contributed by atoms with van der Waals surface area (Å²) in [6.45, 7) is 8.65. The molecule has 0 saturated heterocycles. The van der Waals surface area contributed by atoms with Gasteiger partial charge >= 0.3 is 17.1 Å². The van der Waals surface area contributed by atoms with Crippen molar-refractivity contribution in [2.45, 2.75) is 38.0 Å². The summed E-state index contributed by atoms with van der Waals surface area (Å²) in [6.07, 6.45) is 0. The van der Waals surface area contributed by atoms with Crippen molar-refractivity contribution in [2.75, 3.05) is 39.9 Å². The van der Waals surface area contributed by atoms with Gasteiger partial charge in [-0.15, -0.1) is 0 Å². The van der Waals surface area contributed by atoms with E-state index in [1.165, 1.54) is 0 Å². The minimum absolute atomic E-state index is 0.457. The van der Waals surface area contributed by atoms with Crippen LogP contribution in [0.1, 0.15) is 13.8 Å². The van der Waals surface area contributed by atoms with Crippen LogP contribution in [0.2, 0.25) is 24.2 Å². The normalized spacial score (nSPS) is 16.2. The molecule has 0 aromatic rings. The smallest absolute Gasteiger partial charge is 0.338 e. The molecule has 0 aliphatic heterocycles. The molecule has 2 atom stereocenters. The summed E-state index contributed by atoms with van der Waals surface area (Å²) in [7, 11) is 6.77. The van der Waals surface area contributed by atoms with Crippen LogP contribution in [0.25, 0.3) is 0 Å². The second kappa shape index (κ2) is 9.88. The lowest BCUT2D eigenvalue weighted by atomic mass is 10.6. The molecule has 0 spiro atoms. The van der Waals surface area contributed by atoms with Gasteiger partial charge in [0.1, 0.15) is 0 Å². The maximum Gasteiger partial charge on any atom is 0.338 e. The van der Waals surface area contributed by atoms with Gasteiger partial charge < -0.3 is 17.7 Å². The van der Waals surface area contributed by atoms with E-state index in [9.17, 15) is 0 Å². The van der Waals surface area contributed by atoms with Gasteiger partial charge in [-0.1, -0.05) is 35.4 Å². The highest BCUT2D eigenvalue weighted by atomic mass is 33.1. The third-order valence-corrected chi connectivity index (χ3v) is 14.7. The maximum absolute atomic E-state index is 5.58. The monoisotopic (exact) mass is 358 g/mol. The molecule has 0 radical (unpaired) electrons. The topological polar surface area (TPSA) is 36.9 Å². The van der Waals surface area contributed by atoms with Crippen LogP contribution in [-0.4, -0.2) is 57.1 Å². The Hall–Kier alpha value is 0.974. The van der Waals surface area contributed by atoms with E-state index in [0.29, 0.717) is 11.1 Å². The standard InChI is InChI=1S/C12H30O4S2Si2/c1-11(19(7,13-3)14-4)9-17-18-10-12(2)20(8,15-5)16-6/h11-12H,9-10H2,1-8H3. The summed E-state index contributed by atoms with van der Waals surface area (Å²) < 4.78 is 22.3. The fourth-order valence-electron chi connectivity index (χ4n) is 1.57. The third kappa shape index (κ3) is 6.00. The lowest BCUT2D eigenvalue weighted by molar-refractivity contribution is 0.241. The van der Waals surface area contributed by atoms with Gasteiger partial charge in [0.15, 0.2) is 0 Å². The summed E-state index contributed by atoms with van der Waals surface area (Å²) in [6, 6.07) is 0. The van der Waals surface area contributed by atoms with E-state index < -0.39 is 17.1 Å². The first-order valence-electron chi connectivity index (χ1n) is 6.74. The Labute approximate surface area is 134 Å². The van der Waals surface area contributed by atoms with Crippen LogP contribution < -0.4 is 0 Å². The van der Waals surface area contributed by atoms with E-state index in [1.807, 2.05) is 21.6 Å². The van der Waals surface area contributed by atoms with Crippen molar-refractivity contribution in [3.8, 4) is 0 Å². The molecule has 0 amide bonds. The highest BCUT2D eigenvalue weighted by molar-refractivity contribution is 8.76. The molecule has 0 saturated carbocycles. The lowest BCUT2D eigenvalue weighted by Crippen LogP contribution is -2.42. The van der Waals surface area contributed by atoms with Gasteiger partial charge in [-0.3, -0.25) is 0 Å². The molecular formula is C12H30O4S2Si2. The maximum atomic E-state index is 5.58. The molecular weight excluding hydrogens is 328 g/mol. The average molecular weight is 359 g/mol. The summed E-state index contributed by atoms with van der Waals surface area (Å²) in [4.78, 5) is 0. The van der Waals surface area contributed by atoms with Crippen LogP contribution in [0.3, 0.4) is 0 Å². The number of hydrogen-bond acceptors (Lipinski definition) is 6. The predicted octanol–water partition coefficient (Wildman–Crippen LogP) is 3.88. The van der Waals surface area contributed by atoms with Crippen LogP contribution in [-0.2, 0) is 17.7 Å². The van der Waals surface area contributed by atoms with Crippen molar-refractivity contribution in [3.63, 3.8) is 0 Å². The quantitative estimate of drug-likeness (QED) is 0.317. The molecule has 122 valence electrons. The average Bonchev–Trinajstić information content (AvgIpc) is 2.49. The first-order chi connectivity index (χ1) is 9.29. The Morgan fingerprint density at radius 2 is 0.950 bits per heavy atom. The van der Waals surface area contributed by atoms with E-state index in [4.69, 9.17) is 17.7 Å². The van der Waals surface area contributed by atoms with E-state index in [1.54, 1.807) is 28.4 Å². The van der Waals surface area contributed by atoms with Crippen molar-refractivity contribution >= 4 is 38.7 Å². The van der Waals surface area contributed by atoms with Crippen LogP contribution in [0.5, 0.6) is 0 Å². The minimum atomic E-state index is -2.00. The van der Waals surface area contributed by atoms with E-state index in [0.717, 1.165) is 11.5 Å². The zero-order valence-corrected chi connectivity index (χ0v) is 17.7.